The van der Waals surface area contributed by atoms with Crippen molar-refractivity contribution in [3.8, 4) is 11.5 Å². The maximum Gasteiger partial charge on any atom is 0.326 e. The number of aliphatic hydroxyl groups is 1. The van der Waals surface area contributed by atoms with Crippen LogP contribution in [0.4, 0.5) is 0 Å². The lowest BCUT2D eigenvalue weighted by molar-refractivity contribution is -0.144. The molecule has 10 atom stereocenters. The first-order valence-electron chi connectivity index (χ1n) is 25.7. The van der Waals surface area contributed by atoms with Crippen LogP contribution in [-0.2, 0) is 81.6 Å². The van der Waals surface area contributed by atoms with Crippen LogP contribution in [0.3, 0.4) is 0 Å². The fourth-order valence-corrected chi connectivity index (χ4v) is 8.39. The highest BCUT2D eigenvalue weighted by atomic mass is 16.4. The molecule has 30 nitrogen and oxygen atoms in total. The van der Waals surface area contributed by atoms with E-state index < -0.39 is 170 Å². The van der Waals surface area contributed by atoms with E-state index in [4.69, 9.17) is 10.8 Å². The number of amides is 9. The summed E-state index contributed by atoms with van der Waals surface area (Å²) in [6.45, 7) is 1.26. The summed E-state index contributed by atoms with van der Waals surface area (Å²) in [7, 11) is 0. The van der Waals surface area contributed by atoms with Crippen LogP contribution in [0.15, 0.2) is 78.9 Å². The van der Waals surface area contributed by atoms with E-state index in [-0.39, 0.29) is 49.3 Å². The molecule has 0 radical (unpaired) electrons. The Kier molecular flexibility index (Phi) is 24.8. The van der Waals surface area contributed by atoms with Gasteiger partial charge in [0.1, 0.15) is 65.9 Å². The number of carbonyl (C=O) groups excluding carboxylic acids is 9. The van der Waals surface area contributed by atoms with Gasteiger partial charge in [-0.05, 0) is 67.6 Å². The van der Waals surface area contributed by atoms with Crippen LogP contribution in [0, 0.1) is 0 Å². The third kappa shape index (κ3) is 21.0. The smallest absolute Gasteiger partial charge is 0.326 e. The van der Waals surface area contributed by atoms with E-state index in [1.54, 1.807) is 30.3 Å². The van der Waals surface area contributed by atoms with Crippen molar-refractivity contribution < 1.29 is 98.1 Å². The molecule has 9 amide bonds. The molecule has 0 bridgehead atoms. The van der Waals surface area contributed by atoms with E-state index in [1.165, 1.54) is 55.5 Å². The summed E-state index contributed by atoms with van der Waals surface area (Å²) < 4.78 is 0. The third-order valence-corrected chi connectivity index (χ3v) is 12.8. The number of rotatable bonds is 31. The van der Waals surface area contributed by atoms with E-state index in [0.717, 1.165) is 11.8 Å². The molecule has 1 heterocycles. The number of carboxylic acids is 4. The summed E-state index contributed by atoms with van der Waals surface area (Å²) in [5, 5.41) is 86.1. The summed E-state index contributed by atoms with van der Waals surface area (Å²) >= 11 is 0. The van der Waals surface area contributed by atoms with Gasteiger partial charge in [0.05, 0.1) is 31.9 Å². The van der Waals surface area contributed by atoms with Crippen LogP contribution >= 0.6 is 0 Å². The minimum Gasteiger partial charge on any atom is -0.508 e. The first-order valence-corrected chi connectivity index (χ1v) is 25.7. The largest absolute Gasteiger partial charge is 0.508 e. The van der Waals surface area contributed by atoms with Gasteiger partial charge in [-0.15, -0.1) is 0 Å². The minimum atomic E-state index is -2.02. The zero-order chi connectivity index (χ0) is 61.7. The summed E-state index contributed by atoms with van der Waals surface area (Å²) in [5.74, 6) is -16.2. The van der Waals surface area contributed by atoms with E-state index >= 15 is 0 Å². The number of phenols is 2. The van der Waals surface area contributed by atoms with Crippen LogP contribution < -0.4 is 48.3 Å². The fourth-order valence-electron chi connectivity index (χ4n) is 8.39. The van der Waals surface area contributed by atoms with E-state index in [9.17, 15) is 93.0 Å². The molecule has 1 fully saturated rings. The Morgan fingerprint density at radius 1 is 0.482 bits per heavy atom. The van der Waals surface area contributed by atoms with Crippen LogP contribution in [0.5, 0.6) is 11.5 Å². The molecule has 0 aliphatic carbocycles. The number of hydrogen-bond acceptors (Lipinski definition) is 17. The molecule has 0 spiro atoms. The molecule has 1 saturated heterocycles. The van der Waals surface area contributed by atoms with Crippen molar-refractivity contribution in [1.29, 1.82) is 0 Å². The zero-order valence-electron chi connectivity index (χ0n) is 44.8. The normalized spacial score (nSPS) is 16.0. The summed E-state index contributed by atoms with van der Waals surface area (Å²) in [6.07, 6.45) is -3.61. The molecule has 83 heavy (non-hydrogen) atoms. The SMILES string of the molecule is C[C@H](NC(=O)[C@H](CC(=O)O)NC(=O)[C@H](Cc1ccc(O)cc1)NC(=O)[C@H](CC(=O)O)NC(=O)[C@@H](N)CC(=O)O)C(=O)N[C@@H](CO)C(=O)N1CCC[C@H]1C(=O)N[C@@H](Cc1ccccc1)C(=O)N[C@@H](C)C(=O)N[C@@H](Cc1ccc(O)cc1)C(=O)O. The van der Waals surface area contributed by atoms with Crippen LogP contribution in [0.2, 0.25) is 0 Å². The van der Waals surface area contributed by atoms with Gasteiger partial charge in [-0.2, -0.15) is 0 Å². The van der Waals surface area contributed by atoms with Crippen LogP contribution in [0.1, 0.15) is 62.6 Å². The number of nitrogens with two attached hydrogens (primary N) is 1. The molecule has 4 rings (SSSR count). The second-order valence-electron chi connectivity index (χ2n) is 19.4. The second-order valence-corrected chi connectivity index (χ2v) is 19.4. The van der Waals surface area contributed by atoms with E-state index in [2.05, 4.69) is 37.2 Å². The predicted molar refractivity (Wildman–Crippen MR) is 285 cm³/mol. The van der Waals surface area contributed by atoms with E-state index in [1.807, 2.05) is 5.32 Å². The van der Waals surface area contributed by atoms with E-state index in [0.29, 0.717) is 11.1 Å². The summed E-state index contributed by atoms with van der Waals surface area (Å²) in [5.41, 5.74) is 6.85. The number of hydrogen-bond donors (Lipinski definition) is 16. The molecule has 1 aliphatic heterocycles. The zero-order valence-corrected chi connectivity index (χ0v) is 44.8. The average molecular weight is 1160 g/mol. The fraction of sp³-hybridized carbons (Fsp3) is 0.415. The Labute approximate surface area is 472 Å². The van der Waals surface area contributed by atoms with Gasteiger partial charge in [0.2, 0.25) is 53.2 Å². The lowest BCUT2D eigenvalue weighted by Gasteiger charge is -2.30. The van der Waals surface area contributed by atoms with Gasteiger partial charge in [-0.1, -0.05) is 54.6 Å². The van der Waals surface area contributed by atoms with Gasteiger partial charge in [-0.25, -0.2) is 4.79 Å². The number of likely N-dealkylation sites (tertiary alicyclic amines) is 1. The Morgan fingerprint density at radius 2 is 0.867 bits per heavy atom. The Bertz CT molecular complexity index is 2860. The lowest BCUT2D eigenvalue weighted by Crippen LogP contribution is -2.61. The molecule has 3 aromatic rings. The topological polar surface area (TPSA) is 489 Å². The molecule has 0 unspecified atom stereocenters. The van der Waals surface area contributed by atoms with Crippen molar-refractivity contribution in [3.63, 3.8) is 0 Å². The van der Waals surface area contributed by atoms with Crippen molar-refractivity contribution in [2.45, 2.75) is 126 Å². The van der Waals surface area contributed by atoms with Crippen LogP contribution in [-0.4, -0.2) is 191 Å². The van der Waals surface area contributed by atoms with Crippen molar-refractivity contribution >= 4 is 77.0 Å². The van der Waals surface area contributed by atoms with Gasteiger partial charge < -0.3 is 88.9 Å². The third-order valence-electron chi connectivity index (χ3n) is 12.8. The van der Waals surface area contributed by atoms with Crippen molar-refractivity contribution in [2.24, 2.45) is 5.73 Å². The van der Waals surface area contributed by atoms with Crippen molar-refractivity contribution in [1.82, 2.24) is 47.4 Å². The molecule has 448 valence electrons. The highest BCUT2D eigenvalue weighted by Gasteiger charge is 2.40. The number of nitrogens with one attached hydrogen (secondary N) is 8. The molecule has 0 aromatic heterocycles. The standard InChI is InChI=1S/C53H66N10O20/c1-26(44(73)61-38(53(82)83)21-30-12-16-32(66)17-13-30)55-47(76)34(19-28-7-4-3-5-8-28)60-51(80)40-9-6-18-63(40)52(81)39(25-64)62-45(74)27(2)56-48(77)36(23-42(69)70)59-49(78)35(20-29-10-14-31(65)15-11-29)58-50(79)37(24-43(71)72)57-46(75)33(54)22-41(67)68/h3-5,7-8,10-17,26-27,33-40,64-66H,6,9,18-25,54H2,1-2H3,(H,55,76)(H,56,77)(H,57,75)(H,58,79)(H,59,78)(H,60,80)(H,61,73)(H,62,74)(H,67,68)(H,69,70)(H,71,72)(H,82,83)/t26-,27-,33-,34-,35-,36-,37-,38-,39-,40-/m0/s1. The predicted octanol–water partition coefficient (Wildman–Crippen LogP) is -4.14. The highest BCUT2D eigenvalue weighted by Crippen LogP contribution is 2.20. The maximum absolute atomic E-state index is 14.0. The molecule has 17 N–H and O–H groups in total. The molecular formula is C53H66N10O20. The van der Waals surface area contributed by atoms with Crippen LogP contribution in [0.25, 0.3) is 0 Å². The van der Waals surface area contributed by atoms with Gasteiger partial charge in [0, 0.05) is 25.8 Å². The Balaban J connectivity index is 1.45. The van der Waals surface area contributed by atoms with Gasteiger partial charge in [0.25, 0.3) is 0 Å². The number of aliphatic hydroxyl groups excluding tert-OH is 1. The number of carbonyl (C=O) groups is 13. The number of carboxylic acid groups (broad SMARTS) is 4. The average Bonchev–Trinajstić information content (AvgIpc) is 4.14. The number of aromatic hydroxyl groups is 2. The number of nitrogens with zero attached hydrogens (tertiary/aromatic N) is 1. The van der Waals surface area contributed by atoms with Gasteiger partial charge in [-0.3, -0.25) is 57.5 Å². The first-order chi connectivity index (χ1) is 39.1. The molecule has 0 saturated carbocycles. The number of benzene rings is 3. The lowest BCUT2D eigenvalue weighted by atomic mass is 10.0. The van der Waals surface area contributed by atoms with Gasteiger partial charge in [0.15, 0.2) is 0 Å². The highest BCUT2D eigenvalue weighted by molar-refractivity contribution is 6.00. The Morgan fingerprint density at radius 3 is 1.34 bits per heavy atom. The minimum absolute atomic E-state index is 0.0468. The van der Waals surface area contributed by atoms with Gasteiger partial charge >= 0.3 is 23.9 Å². The molecule has 1 aliphatic rings. The molecular weight excluding hydrogens is 1100 g/mol. The molecule has 3 aromatic carbocycles. The monoisotopic (exact) mass is 1160 g/mol. The summed E-state index contributed by atoms with van der Waals surface area (Å²) in [4.78, 5) is 170. The maximum atomic E-state index is 14.0. The quantitative estimate of drug-likeness (QED) is 0.0291. The van der Waals surface area contributed by atoms with Crippen molar-refractivity contribution in [3.05, 3.63) is 95.6 Å². The molecule has 30 heteroatoms. The Hall–Kier alpha value is -9.71. The number of phenolic OH excluding ortho intramolecular Hbond substituents is 2. The second kappa shape index (κ2) is 31.3. The number of aliphatic carboxylic acids is 4. The summed E-state index contributed by atoms with van der Waals surface area (Å²) in [6, 6.07) is 2.72. The van der Waals surface area contributed by atoms with Crippen molar-refractivity contribution in [2.75, 3.05) is 13.2 Å². The first kappa shape index (κ1) is 65.8.